The molecule has 0 amide bonds. The van der Waals surface area contributed by atoms with E-state index in [2.05, 4.69) is 49.4 Å². The number of halogens is 1. The van der Waals surface area contributed by atoms with E-state index in [1.54, 1.807) is 19.2 Å². The number of anilines is 1. The van der Waals surface area contributed by atoms with Gasteiger partial charge in [-0.25, -0.2) is 9.37 Å². The van der Waals surface area contributed by atoms with Crippen molar-refractivity contribution in [3.05, 3.63) is 54.7 Å². The smallest absolute Gasteiger partial charge is 0.134 e. The lowest BCUT2D eigenvalue weighted by atomic mass is 9.81. The number of pyridine rings is 1. The molecule has 1 aliphatic carbocycles. The van der Waals surface area contributed by atoms with Gasteiger partial charge in [-0.3, -0.25) is 0 Å². The molecule has 1 fully saturated rings. The molecule has 0 aliphatic heterocycles. The van der Waals surface area contributed by atoms with Gasteiger partial charge in [0.1, 0.15) is 17.4 Å². The van der Waals surface area contributed by atoms with E-state index in [-0.39, 0.29) is 13.0 Å². The molecule has 0 saturated heterocycles. The molecule has 1 heterocycles. The Labute approximate surface area is 174 Å². The molecule has 1 unspecified atom stereocenters. The van der Waals surface area contributed by atoms with Crippen molar-refractivity contribution in [3.8, 4) is 0 Å². The van der Waals surface area contributed by atoms with E-state index in [4.69, 9.17) is 4.74 Å². The van der Waals surface area contributed by atoms with Gasteiger partial charge in [0.05, 0.1) is 11.3 Å². The van der Waals surface area contributed by atoms with Crippen LogP contribution in [0.4, 0.5) is 10.2 Å². The van der Waals surface area contributed by atoms with Crippen LogP contribution < -0.4 is 5.32 Å². The highest BCUT2D eigenvalue weighted by molar-refractivity contribution is 5.87. The van der Waals surface area contributed by atoms with Gasteiger partial charge in [-0.2, -0.15) is 0 Å². The Bertz CT molecular complexity index is 907. The summed E-state index contributed by atoms with van der Waals surface area (Å²) in [5.41, 5.74) is 0.340. The normalized spacial score (nSPS) is 20.5. The molecule has 2 aromatic rings. The molecule has 1 aliphatic rings. The predicted octanol–water partition coefficient (Wildman–Crippen LogP) is 6.06. The number of hydrogen-bond acceptors (Lipinski definition) is 4. The average Bonchev–Trinajstić information content (AvgIpc) is 2.67. The first-order valence-corrected chi connectivity index (χ1v) is 10.3. The molecule has 5 heteroatoms. The summed E-state index contributed by atoms with van der Waals surface area (Å²) in [6.07, 6.45) is 6.63. The number of allylic oxidation sites excluding steroid dienone is 1. The minimum absolute atomic E-state index is 0. The second kappa shape index (κ2) is 8.95. The maximum absolute atomic E-state index is 14.4. The van der Waals surface area contributed by atoms with Gasteiger partial charge >= 0.3 is 0 Å². The number of aromatic nitrogens is 1. The summed E-state index contributed by atoms with van der Waals surface area (Å²) in [4.78, 5) is 6.83. The Morgan fingerprint density at radius 2 is 1.90 bits per heavy atom. The van der Waals surface area contributed by atoms with E-state index in [0.717, 1.165) is 16.6 Å². The van der Waals surface area contributed by atoms with Gasteiger partial charge < -0.3 is 15.0 Å². The zero-order valence-electron chi connectivity index (χ0n) is 18.0. The van der Waals surface area contributed by atoms with Crippen molar-refractivity contribution in [2.45, 2.75) is 51.6 Å². The number of nitrogens with zero attached hydrogens (tertiary/aromatic N) is 2. The molecule has 1 N–H and O–H groups in total. The zero-order valence-corrected chi connectivity index (χ0v) is 18.0. The monoisotopic (exact) mass is 399 g/mol. The molecule has 0 bridgehead atoms. The van der Waals surface area contributed by atoms with Crippen molar-refractivity contribution in [1.82, 2.24) is 9.88 Å². The standard InChI is InChI=1S/C24H32FN3O.H2/c1-15(2)29-17(4)22-11-19-13-24(26-14-20(19)12-23(22)25)27-16(3)18-7-9-21(10-8-18)28(5)6;/h11-14,16,18,21H,1,4,7-10H2,2-3,5-6H3,(H,26,27);1H. The topological polar surface area (TPSA) is 37.4 Å². The molecule has 1 aromatic carbocycles. The number of fused-ring (bicyclic) bond motifs is 1. The fraction of sp³-hybridized carbons (Fsp3) is 0.458. The Morgan fingerprint density at radius 1 is 1.21 bits per heavy atom. The summed E-state index contributed by atoms with van der Waals surface area (Å²) in [7, 11) is 4.33. The molecule has 1 aromatic heterocycles. The van der Waals surface area contributed by atoms with Crippen LogP contribution in [-0.2, 0) is 4.74 Å². The van der Waals surface area contributed by atoms with Crippen LogP contribution in [0.25, 0.3) is 16.5 Å². The first kappa shape index (κ1) is 21.3. The fourth-order valence-electron chi connectivity index (χ4n) is 4.19. The number of hydrogen-bond donors (Lipinski definition) is 1. The van der Waals surface area contributed by atoms with Crippen molar-refractivity contribution < 1.29 is 10.6 Å². The third-order valence-corrected chi connectivity index (χ3v) is 5.96. The average molecular weight is 400 g/mol. The van der Waals surface area contributed by atoms with E-state index in [1.165, 1.54) is 31.7 Å². The lowest BCUT2D eigenvalue weighted by Crippen LogP contribution is -2.36. The maximum Gasteiger partial charge on any atom is 0.134 e. The van der Waals surface area contributed by atoms with Crippen LogP contribution in [0.5, 0.6) is 0 Å². The maximum atomic E-state index is 14.4. The van der Waals surface area contributed by atoms with Crippen molar-refractivity contribution in [2.24, 2.45) is 5.92 Å². The van der Waals surface area contributed by atoms with E-state index in [1.807, 2.05) is 6.07 Å². The van der Waals surface area contributed by atoms with Crippen molar-refractivity contribution in [1.29, 1.82) is 0 Å². The summed E-state index contributed by atoms with van der Waals surface area (Å²) in [6.45, 7) is 11.5. The first-order chi connectivity index (χ1) is 13.7. The van der Waals surface area contributed by atoms with E-state index in [0.29, 0.717) is 29.3 Å². The Kier molecular flexibility index (Phi) is 6.58. The van der Waals surface area contributed by atoms with Crippen LogP contribution in [0.15, 0.2) is 43.3 Å². The third-order valence-electron chi connectivity index (χ3n) is 5.96. The Hall–Kier alpha value is -2.40. The van der Waals surface area contributed by atoms with Crippen LogP contribution in [0, 0.1) is 11.7 Å². The van der Waals surface area contributed by atoms with E-state index in [9.17, 15) is 4.39 Å². The van der Waals surface area contributed by atoms with Crippen LogP contribution in [-0.4, -0.2) is 36.1 Å². The minimum atomic E-state index is -0.378. The molecule has 1 saturated carbocycles. The van der Waals surface area contributed by atoms with Crippen molar-refractivity contribution >= 4 is 22.3 Å². The van der Waals surface area contributed by atoms with Crippen molar-refractivity contribution in [2.75, 3.05) is 19.4 Å². The molecule has 0 radical (unpaired) electrons. The fourth-order valence-corrected chi connectivity index (χ4v) is 4.19. The highest BCUT2D eigenvalue weighted by atomic mass is 19.1. The van der Waals surface area contributed by atoms with Gasteiger partial charge in [0.15, 0.2) is 0 Å². The van der Waals surface area contributed by atoms with Gasteiger partial charge in [-0.1, -0.05) is 13.2 Å². The van der Waals surface area contributed by atoms with E-state index < -0.39 is 0 Å². The van der Waals surface area contributed by atoms with Crippen LogP contribution in [0.2, 0.25) is 0 Å². The third kappa shape index (κ3) is 5.15. The van der Waals surface area contributed by atoms with Crippen LogP contribution in [0.3, 0.4) is 0 Å². The first-order valence-electron chi connectivity index (χ1n) is 10.3. The number of rotatable bonds is 7. The van der Waals surface area contributed by atoms with Gasteiger partial charge in [-0.05, 0) is 83.1 Å². The van der Waals surface area contributed by atoms with Gasteiger partial charge in [0.25, 0.3) is 0 Å². The van der Waals surface area contributed by atoms with Crippen molar-refractivity contribution in [3.63, 3.8) is 0 Å². The summed E-state index contributed by atoms with van der Waals surface area (Å²) in [5, 5.41) is 5.20. The molecule has 1 atom stereocenters. The lowest BCUT2D eigenvalue weighted by Gasteiger charge is -2.35. The Morgan fingerprint density at radius 3 is 2.52 bits per heavy atom. The SMILES string of the molecule is C=C(C)OC(=C)c1cc2cc(NC(C)C3CCC(N(C)C)CC3)ncc2cc1F.[HH]. The van der Waals surface area contributed by atoms with Gasteiger partial charge in [0, 0.05) is 25.1 Å². The van der Waals surface area contributed by atoms with Gasteiger partial charge in [-0.15, -0.1) is 0 Å². The number of ether oxygens (including phenoxy) is 1. The quantitative estimate of drug-likeness (QED) is 0.574. The molecular formula is C24H34FN3O. The highest BCUT2D eigenvalue weighted by Crippen LogP contribution is 2.31. The predicted molar refractivity (Wildman–Crippen MR) is 121 cm³/mol. The largest absolute Gasteiger partial charge is 0.463 e. The molecule has 158 valence electrons. The van der Waals surface area contributed by atoms with Gasteiger partial charge in [0.2, 0.25) is 0 Å². The highest BCUT2D eigenvalue weighted by Gasteiger charge is 2.26. The Balaban J connectivity index is 0.00000320. The number of benzene rings is 1. The second-order valence-electron chi connectivity index (χ2n) is 8.44. The summed E-state index contributed by atoms with van der Waals surface area (Å²) >= 11 is 0. The second-order valence-corrected chi connectivity index (χ2v) is 8.44. The zero-order chi connectivity index (χ0) is 21.1. The molecule has 4 nitrogen and oxygen atoms in total. The minimum Gasteiger partial charge on any atom is -0.463 e. The number of nitrogens with one attached hydrogen (secondary N) is 1. The summed E-state index contributed by atoms with van der Waals surface area (Å²) < 4.78 is 19.8. The van der Waals surface area contributed by atoms with Crippen LogP contribution in [0.1, 0.15) is 46.5 Å². The summed E-state index contributed by atoms with van der Waals surface area (Å²) in [5.74, 6) is 1.80. The molecular weight excluding hydrogens is 365 g/mol. The van der Waals surface area contributed by atoms with E-state index >= 15 is 0 Å². The molecule has 29 heavy (non-hydrogen) atoms. The summed E-state index contributed by atoms with van der Waals surface area (Å²) in [6, 6.07) is 6.23. The molecule has 3 rings (SSSR count). The lowest BCUT2D eigenvalue weighted by molar-refractivity contribution is 0.186. The molecule has 0 spiro atoms. The van der Waals surface area contributed by atoms with Crippen LogP contribution >= 0.6 is 0 Å².